The van der Waals surface area contributed by atoms with Gasteiger partial charge in [0.25, 0.3) is 5.91 Å². The van der Waals surface area contributed by atoms with Gasteiger partial charge in [-0.25, -0.2) is 8.42 Å². The van der Waals surface area contributed by atoms with E-state index in [2.05, 4.69) is 5.32 Å². The van der Waals surface area contributed by atoms with Crippen molar-refractivity contribution in [2.24, 2.45) is 11.8 Å². The normalized spacial score (nSPS) is 23.2. The molecule has 194 valence electrons. The average Bonchev–Trinajstić information content (AvgIpc) is 2.87. The van der Waals surface area contributed by atoms with Crippen LogP contribution in [0, 0.1) is 18.8 Å². The van der Waals surface area contributed by atoms with Crippen molar-refractivity contribution in [3.05, 3.63) is 63.6 Å². The zero-order valence-electron chi connectivity index (χ0n) is 20.4. The maximum Gasteiger partial charge on any atom is 0.251 e. The number of amides is 1. The molecule has 1 N–H and O–H groups in total. The molecule has 1 aliphatic carbocycles. The molecule has 2 aromatic rings. The highest BCUT2D eigenvalue weighted by Crippen LogP contribution is 2.33. The van der Waals surface area contributed by atoms with E-state index < -0.39 is 10.0 Å². The van der Waals surface area contributed by atoms with E-state index in [-0.39, 0.29) is 46.0 Å². The van der Waals surface area contributed by atoms with Crippen molar-refractivity contribution in [2.75, 3.05) is 13.1 Å². The Morgan fingerprint density at radius 3 is 2.56 bits per heavy atom. The quantitative estimate of drug-likeness (QED) is 0.482. The Hall–Kier alpha value is -1.93. The largest absolute Gasteiger partial charge is 0.349 e. The van der Waals surface area contributed by atoms with Gasteiger partial charge in [-0.3, -0.25) is 9.59 Å². The lowest BCUT2D eigenvalue weighted by molar-refractivity contribution is -0.125. The van der Waals surface area contributed by atoms with Gasteiger partial charge in [0.1, 0.15) is 10.7 Å². The molecule has 2 aromatic carbocycles. The van der Waals surface area contributed by atoms with Crippen molar-refractivity contribution in [1.29, 1.82) is 0 Å². The van der Waals surface area contributed by atoms with Crippen LogP contribution >= 0.6 is 23.2 Å². The molecule has 1 aliphatic heterocycles. The Morgan fingerprint density at radius 2 is 1.78 bits per heavy atom. The van der Waals surface area contributed by atoms with Crippen molar-refractivity contribution in [1.82, 2.24) is 9.62 Å². The van der Waals surface area contributed by atoms with Gasteiger partial charge in [0.05, 0.1) is 5.02 Å². The molecule has 1 saturated heterocycles. The summed E-state index contributed by atoms with van der Waals surface area (Å²) >= 11 is 12.2. The van der Waals surface area contributed by atoms with Crippen molar-refractivity contribution in [3.63, 3.8) is 0 Å². The molecular formula is C27H32Cl2N2O4S. The number of carbonyl (C=O) groups excluding carboxylic acids is 2. The third-order valence-electron chi connectivity index (χ3n) is 7.43. The van der Waals surface area contributed by atoms with E-state index in [4.69, 9.17) is 23.2 Å². The van der Waals surface area contributed by atoms with Crippen molar-refractivity contribution < 1.29 is 18.0 Å². The SMILES string of the molecule is Cc1ccccc1C(=O)N[C@@H]1CCCCC1CC(=O)C1CCCN(S(=O)(=O)c2cc(Cl)ccc2Cl)C1. The highest BCUT2D eigenvalue weighted by molar-refractivity contribution is 7.89. The number of hydrogen-bond acceptors (Lipinski definition) is 4. The van der Waals surface area contributed by atoms with Gasteiger partial charge in [-0.05, 0) is 68.4 Å². The van der Waals surface area contributed by atoms with Crippen LogP contribution in [0.1, 0.15) is 60.9 Å². The number of rotatable bonds is 7. The molecule has 3 atom stereocenters. The Bertz CT molecular complexity index is 1230. The molecule has 2 aliphatic rings. The van der Waals surface area contributed by atoms with Crippen molar-refractivity contribution >= 4 is 44.9 Å². The summed E-state index contributed by atoms with van der Waals surface area (Å²) in [5.41, 5.74) is 1.57. The summed E-state index contributed by atoms with van der Waals surface area (Å²) in [4.78, 5) is 26.3. The van der Waals surface area contributed by atoms with Gasteiger partial charge < -0.3 is 5.32 Å². The number of carbonyl (C=O) groups is 2. The number of piperidine rings is 1. The van der Waals surface area contributed by atoms with Gasteiger partial charge in [-0.2, -0.15) is 4.31 Å². The van der Waals surface area contributed by atoms with Crippen LogP contribution < -0.4 is 5.32 Å². The summed E-state index contributed by atoms with van der Waals surface area (Å²) in [7, 11) is -3.87. The predicted octanol–water partition coefficient (Wildman–Crippen LogP) is 5.65. The number of hydrogen-bond donors (Lipinski definition) is 1. The maximum absolute atomic E-state index is 13.4. The number of benzene rings is 2. The second-order valence-electron chi connectivity index (χ2n) is 9.89. The van der Waals surface area contributed by atoms with Crippen LogP contribution in [0.2, 0.25) is 10.0 Å². The van der Waals surface area contributed by atoms with E-state index in [1.165, 1.54) is 16.4 Å². The number of sulfonamides is 1. The van der Waals surface area contributed by atoms with E-state index in [1.54, 1.807) is 6.07 Å². The van der Waals surface area contributed by atoms with Gasteiger partial charge in [-0.1, -0.05) is 54.2 Å². The molecule has 9 heteroatoms. The molecule has 2 unspecified atom stereocenters. The Labute approximate surface area is 223 Å². The highest BCUT2D eigenvalue weighted by atomic mass is 35.5. The molecule has 2 fully saturated rings. The zero-order valence-corrected chi connectivity index (χ0v) is 22.7. The average molecular weight is 552 g/mol. The first-order valence-corrected chi connectivity index (χ1v) is 14.7. The minimum atomic E-state index is -3.87. The summed E-state index contributed by atoms with van der Waals surface area (Å²) in [5, 5.41) is 3.58. The van der Waals surface area contributed by atoms with Crippen LogP contribution in [-0.2, 0) is 14.8 Å². The molecule has 36 heavy (non-hydrogen) atoms. The zero-order chi connectivity index (χ0) is 25.9. The second-order valence-corrected chi connectivity index (χ2v) is 12.6. The van der Waals surface area contributed by atoms with Crippen LogP contribution in [0.4, 0.5) is 0 Å². The predicted molar refractivity (Wildman–Crippen MR) is 142 cm³/mol. The van der Waals surface area contributed by atoms with Crippen molar-refractivity contribution in [3.8, 4) is 0 Å². The van der Waals surface area contributed by atoms with Crippen LogP contribution in [0.3, 0.4) is 0 Å². The maximum atomic E-state index is 13.4. The first kappa shape index (κ1) is 27.1. The first-order valence-electron chi connectivity index (χ1n) is 12.5. The third-order valence-corrected chi connectivity index (χ3v) is 10.0. The molecule has 1 amide bonds. The smallest absolute Gasteiger partial charge is 0.251 e. The molecule has 0 radical (unpaired) electrons. The minimum Gasteiger partial charge on any atom is -0.349 e. The number of ketones is 1. The number of aryl methyl sites for hydroxylation is 1. The van der Waals surface area contributed by atoms with E-state index in [9.17, 15) is 18.0 Å². The lowest BCUT2D eigenvalue weighted by Gasteiger charge is -2.35. The van der Waals surface area contributed by atoms with E-state index in [1.807, 2.05) is 31.2 Å². The summed E-state index contributed by atoms with van der Waals surface area (Å²) in [5.74, 6) is -0.366. The molecular weight excluding hydrogens is 519 g/mol. The fourth-order valence-corrected chi connectivity index (χ4v) is 7.64. The van der Waals surface area contributed by atoms with Gasteiger partial charge in [0, 0.05) is 42.1 Å². The van der Waals surface area contributed by atoms with Gasteiger partial charge >= 0.3 is 0 Å². The summed E-state index contributed by atoms with van der Waals surface area (Å²) in [6, 6.07) is 11.8. The molecule has 0 bridgehead atoms. The van der Waals surface area contributed by atoms with E-state index in [0.29, 0.717) is 36.4 Å². The standard InChI is InChI=1S/C27H32Cl2N2O4S/c1-18-7-2-4-10-22(18)27(33)30-24-11-5-3-8-19(24)15-25(32)20-9-6-14-31(17-20)36(34,35)26-16-21(28)12-13-23(26)29/h2,4,7,10,12-13,16,19-20,24H,3,5-6,8-9,11,14-15,17H2,1H3,(H,30,33)/t19?,20?,24-/m1/s1. The van der Waals surface area contributed by atoms with E-state index >= 15 is 0 Å². The number of nitrogens with zero attached hydrogens (tertiary/aromatic N) is 1. The number of nitrogens with one attached hydrogen (secondary N) is 1. The highest BCUT2D eigenvalue weighted by Gasteiger charge is 2.36. The van der Waals surface area contributed by atoms with Crippen LogP contribution in [0.15, 0.2) is 47.4 Å². The molecule has 6 nitrogen and oxygen atoms in total. The monoisotopic (exact) mass is 550 g/mol. The number of Topliss-reactive ketones (excluding diaryl/α,β-unsaturated/α-hetero) is 1. The summed E-state index contributed by atoms with van der Waals surface area (Å²) in [6.45, 7) is 2.39. The fourth-order valence-electron chi connectivity index (χ4n) is 5.38. The first-order chi connectivity index (χ1) is 17.2. The van der Waals surface area contributed by atoms with Crippen molar-refractivity contribution in [2.45, 2.75) is 62.8 Å². The van der Waals surface area contributed by atoms with Gasteiger partial charge in [0.15, 0.2) is 0 Å². The molecule has 0 spiro atoms. The minimum absolute atomic E-state index is 0.0315. The Balaban J connectivity index is 1.43. The molecule has 0 aromatic heterocycles. The Morgan fingerprint density at radius 1 is 1.03 bits per heavy atom. The summed E-state index contributed by atoms with van der Waals surface area (Å²) in [6.07, 6.45) is 5.35. The summed E-state index contributed by atoms with van der Waals surface area (Å²) < 4.78 is 27.9. The van der Waals surface area contributed by atoms with Gasteiger partial charge in [-0.15, -0.1) is 0 Å². The number of halogens is 2. The van der Waals surface area contributed by atoms with Crippen LogP contribution in [0.25, 0.3) is 0 Å². The second kappa shape index (κ2) is 11.6. The third kappa shape index (κ3) is 6.13. The Kier molecular flexibility index (Phi) is 8.76. The topological polar surface area (TPSA) is 83.6 Å². The van der Waals surface area contributed by atoms with Crippen LogP contribution in [-0.4, -0.2) is 43.5 Å². The molecule has 1 heterocycles. The van der Waals surface area contributed by atoms with Crippen LogP contribution in [0.5, 0.6) is 0 Å². The molecule has 1 saturated carbocycles. The van der Waals surface area contributed by atoms with Gasteiger partial charge in [0.2, 0.25) is 10.0 Å². The lowest BCUT2D eigenvalue weighted by atomic mass is 9.78. The molecule has 4 rings (SSSR count). The fraction of sp³-hybridized carbons (Fsp3) is 0.481. The van der Waals surface area contributed by atoms with E-state index in [0.717, 1.165) is 31.2 Å². The lowest BCUT2D eigenvalue weighted by Crippen LogP contribution is -2.45.